The molecule has 1 aliphatic heterocycles. The largest absolute Gasteiger partial charge is 0.335 e. The van der Waals surface area contributed by atoms with Gasteiger partial charge < -0.3 is 9.47 Å². The fourth-order valence-corrected chi connectivity index (χ4v) is 4.29. The lowest BCUT2D eigenvalue weighted by Crippen LogP contribution is -2.48. The fraction of sp³-hybridized carbons (Fsp3) is 0.292. The van der Waals surface area contributed by atoms with E-state index in [0.29, 0.717) is 35.5 Å². The van der Waals surface area contributed by atoms with Crippen molar-refractivity contribution in [1.29, 1.82) is 0 Å². The number of benzene rings is 1. The number of hydrogen-bond donors (Lipinski definition) is 0. The number of hydrogen-bond acceptors (Lipinski definition) is 4. The first kappa shape index (κ1) is 19.5. The molecular weight excluding hydrogens is 390 g/mol. The molecule has 0 N–H and O–H groups in total. The van der Waals surface area contributed by atoms with Crippen molar-refractivity contribution in [3.05, 3.63) is 81.9 Å². The molecule has 31 heavy (non-hydrogen) atoms. The molecule has 1 fully saturated rings. The van der Waals surface area contributed by atoms with E-state index >= 15 is 0 Å². The lowest BCUT2D eigenvalue weighted by Gasteiger charge is -2.34. The van der Waals surface area contributed by atoms with E-state index < -0.39 is 0 Å². The Kier molecular flexibility index (Phi) is 4.82. The van der Waals surface area contributed by atoms with Crippen LogP contribution in [0.1, 0.15) is 21.6 Å². The highest BCUT2D eigenvalue weighted by Gasteiger charge is 2.25. The molecule has 1 aliphatic rings. The molecule has 5 rings (SSSR count). The topological polar surface area (TPSA) is 62.9 Å². The number of carbonyl (C=O) groups excluding carboxylic acids is 1. The summed E-state index contributed by atoms with van der Waals surface area (Å²) in [5.41, 5.74) is 3.74. The summed E-state index contributed by atoms with van der Waals surface area (Å²) >= 11 is 0. The van der Waals surface area contributed by atoms with Gasteiger partial charge in [0.1, 0.15) is 17.0 Å². The zero-order valence-electron chi connectivity index (χ0n) is 17.8. The number of aromatic nitrogens is 3. The Morgan fingerprint density at radius 1 is 1.03 bits per heavy atom. The van der Waals surface area contributed by atoms with E-state index in [1.165, 1.54) is 5.56 Å². The summed E-state index contributed by atoms with van der Waals surface area (Å²) in [5, 5.41) is 0.469. The number of pyridine rings is 1. The summed E-state index contributed by atoms with van der Waals surface area (Å²) in [7, 11) is 1.80. The zero-order chi connectivity index (χ0) is 21.5. The van der Waals surface area contributed by atoms with Crippen molar-refractivity contribution in [3.8, 4) is 0 Å². The van der Waals surface area contributed by atoms with Crippen molar-refractivity contribution in [2.24, 2.45) is 7.05 Å². The summed E-state index contributed by atoms with van der Waals surface area (Å²) < 4.78 is 3.30. The number of amides is 1. The molecule has 1 aromatic carbocycles. The summed E-state index contributed by atoms with van der Waals surface area (Å²) in [6.45, 7) is 5.82. The highest BCUT2D eigenvalue weighted by molar-refractivity contribution is 5.98. The van der Waals surface area contributed by atoms with Crippen molar-refractivity contribution in [1.82, 2.24) is 23.8 Å². The first-order valence-electron chi connectivity index (χ1n) is 10.6. The number of aryl methyl sites for hydroxylation is 2. The predicted octanol–water partition coefficient (Wildman–Crippen LogP) is 2.45. The van der Waals surface area contributed by atoms with Crippen LogP contribution in [0.15, 0.2) is 59.5 Å². The lowest BCUT2D eigenvalue weighted by molar-refractivity contribution is 0.0619. The average Bonchev–Trinajstić information content (AvgIpc) is 3.12. The Balaban J connectivity index is 1.39. The van der Waals surface area contributed by atoms with E-state index in [-0.39, 0.29) is 11.5 Å². The van der Waals surface area contributed by atoms with E-state index in [0.717, 1.165) is 25.2 Å². The third-order valence-electron chi connectivity index (χ3n) is 6.07. The van der Waals surface area contributed by atoms with Crippen molar-refractivity contribution in [2.75, 3.05) is 26.2 Å². The summed E-state index contributed by atoms with van der Waals surface area (Å²) in [4.78, 5) is 35.1. The smallest absolute Gasteiger partial charge is 0.270 e. The minimum Gasteiger partial charge on any atom is -0.335 e. The lowest BCUT2D eigenvalue weighted by atomic mass is 10.2. The predicted molar refractivity (Wildman–Crippen MR) is 120 cm³/mol. The number of rotatable bonds is 3. The molecule has 0 unspecified atom stereocenters. The molecule has 0 saturated carbocycles. The third kappa shape index (κ3) is 3.51. The first-order chi connectivity index (χ1) is 15.0. The van der Waals surface area contributed by atoms with Crippen molar-refractivity contribution in [3.63, 3.8) is 0 Å². The van der Waals surface area contributed by atoms with Gasteiger partial charge in [0.05, 0.1) is 5.39 Å². The molecule has 7 heteroatoms. The van der Waals surface area contributed by atoms with Gasteiger partial charge in [0.15, 0.2) is 0 Å². The molecule has 1 amide bonds. The summed E-state index contributed by atoms with van der Waals surface area (Å²) in [5.74, 6) is -0.0514. The monoisotopic (exact) mass is 415 g/mol. The number of nitrogens with zero attached hydrogens (tertiary/aromatic N) is 5. The van der Waals surface area contributed by atoms with Gasteiger partial charge in [-0.3, -0.25) is 18.9 Å². The van der Waals surface area contributed by atoms with Crippen LogP contribution in [0.25, 0.3) is 16.7 Å². The molecule has 7 nitrogen and oxygen atoms in total. The van der Waals surface area contributed by atoms with Crippen LogP contribution in [0.3, 0.4) is 0 Å². The van der Waals surface area contributed by atoms with E-state index in [1.54, 1.807) is 28.3 Å². The minimum atomic E-state index is -0.147. The molecule has 0 radical (unpaired) electrons. The van der Waals surface area contributed by atoms with Crippen LogP contribution in [0, 0.1) is 6.92 Å². The Hall–Kier alpha value is -3.45. The molecule has 4 aromatic rings. The Labute approximate surface area is 180 Å². The summed E-state index contributed by atoms with van der Waals surface area (Å²) in [6, 6.07) is 15.8. The van der Waals surface area contributed by atoms with E-state index in [4.69, 9.17) is 0 Å². The van der Waals surface area contributed by atoms with Crippen LogP contribution in [-0.4, -0.2) is 55.8 Å². The first-order valence-corrected chi connectivity index (χ1v) is 10.6. The van der Waals surface area contributed by atoms with Gasteiger partial charge in [-0.25, -0.2) is 4.98 Å². The van der Waals surface area contributed by atoms with Crippen LogP contribution < -0.4 is 5.56 Å². The second-order valence-electron chi connectivity index (χ2n) is 8.23. The van der Waals surface area contributed by atoms with Crippen LogP contribution in [0.4, 0.5) is 0 Å². The van der Waals surface area contributed by atoms with Crippen LogP contribution in [0.5, 0.6) is 0 Å². The molecule has 0 aliphatic carbocycles. The van der Waals surface area contributed by atoms with Gasteiger partial charge in [0.2, 0.25) is 0 Å². The molecule has 0 bridgehead atoms. The molecule has 158 valence electrons. The molecule has 3 aromatic heterocycles. The fourth-order valence-electron chi connectivity index (χ4n) is 4.29. The van der Waals surface area contributed by atoms with Crippen molar-refractivity contribution >= 4 is 22.6 Å². The number of piperazine rings is 1. The number of carbonyl (C=O) groups is 1. The maximum absolute atomic E-state index is 13.3. The second kappa shape index (κ2) is 7.67. The average molecular weight is 415 g/mol. The van der Waals surface area contributed by atoms with Crippen molar-refractivity contribution < 1.29 is 4.79 Å². The van der Waals surface area contributed by atoms with Gasteiger partial charge in [-0.05, 0) is 30.2 Å². The van der Waals surface area contributed by atoms with Gasteiger partial charge in [-0.1, -0.05) is 36.4 Å². The van der Waals surface area contributed by atoms with E-state index in [9.17, 15) is 9.59 Å². The quantitative estimate of drug-likeness (QED) is 0.516. The molecule has 1 saturated heterocycles. The highest BCUT2D eigenvalue weighted by Crippen LogP contribution is 2.18. The maximum Gasteiger partial charge on any atom is 0.270 e. The molecule has 0 atom stereocenters. The third-order valence-corrected chi connectivity index (χ3v) is 6.07. The zero-order valence-corrected chi connectivity index (χ0v) is 17.8. The van der Waals surface area contributed by atoms with Gasteiger partial charge in [-0.15, -0.1) is 0 Å². The van der Waals surface area contributed by atoms with Crippen molar-refractivity contribution in [2.45, 2.75) is 13.5 Å². The van der Waals surface area contributed by atoms with Gasteiger partial charge in [-0.2, -0.15) is 0 Å². The van der Waals surface area contributed by atoms with Gasteiger partial charge in [0.25, 0.3) is 11.5 Å². The standard InChI is InChI=1S/C24H25N5O2/c1-17-8-9-21-25-22-19(23(30)29(21)15-17)14-20(26(22)2)24(31)28-12-10-27(11-13-28)16-18-6-4-3-5-7-18/h3-9,14-15H,10-13,16H2,1-2H3. The molecule has 4 heterocycles. The molecule has 0 spiro atoms. The van der Waals surface area contributed by atoms with E-state index in [1.807, 2.05) is 30.0 Å². The Morgan fingerprint density at radius 2 is 1.77 bits per heavy atom. The number of fused-ring (bicyclic) bond motifs is 2. The Morgan fingerprint density at radius 3 is 2.52 bits per heavy atom. The van der Waals surface area contributed by atoms with Gasteiger partial charge >= 0.3 is 0 Å². The van der Waals surface area contributed by atoms with Crippen LogP contribution in [0.2, 0.25) is 0 Å². The Bertz CT molecular complexity index is 1330. The normalized spacial score (nSPS) is 15.1. The summed E-state index contributed by atoms with van der Waals surface area (Å²) in [6.07, 6.45) is 1.78. The minimum absolute atomic E-state index is 0.0514. The SMILES string of the molecule is Cc1ccc2nc3c(cc(C(=O)N4CCN(Cc5ccccc5)CC4)n3C)c(=O)n2c1. The maximum atomic E-state index is 13.3. The van der Waals surface area contributed by atoms with Crippen LogP contribution in [-0.2, 0) is 13.6 Å². The van der Waals surface area contributed by atoms with Crippen LogP contribution >= 0.6 is 0 Å². The van der Waals surface area contributed by atoms with E-state index in [2.05, 4.69) is 34.1 Å². The second-order valence-corrected chi connectivity index (χ2v) is 8.23. The highest BCUT2D eigenvalue weighted by atomic mass is 16.2. The molecular formula is C24H25N5O2. The van der Waals surface area contributed by atoms with Gasteiger partial charge in [0, 0.05) is 46.0 Å².